The zero-order valence-corrected chi connectivity index (χ0v) is 13.5. The van der Waals surface area contributed by atoms with E-state index in [0.717, 1.165) is 12.2 Å². The normalized spacial score (nSPS) is 10.9. The van der Waals surface area contributed by atoms with Crippen LogP contribution in [0.3, 0.4) is 0 Å². The van der Waals surface area contributed by atoms with Crippen molar-refractivity contribution in [2.24, 2.45) is 5.10 Å². The number of carbonyl (C=O) groups excluding carboxylic acids is 1. The lowest BCUT2D eigenvalue weighted by Gasteiger charge is -2.06. The molecule has 0 saturated heterocycles. The lowest BCUT2D eigenvalue weighted by molar-refractivity contribution is -0.123. The summed E-state index contributed by atoms with van der Waals surface area (Å²) >= 11 is 0. The lowest BCUT2D eigenvalue weighted by atomic mass is 10.1. The van der Waals surface area contributed by atoms with E-state index in [1.165, 1.54) is 24.6 Å². The third-order valence-corrected chi connectivity index (χ3v) is 3.25. The van der Waals surface area contributed by atoms with Crippen LogP contribution in [0, 0.1) is 6.92 Å². The average molecular weight is 314 g/mol. The van der Waals surface area contributed by atoms with Crippen molar-refractivity contribution in [3.05, 3.63) is 53.5 Å². The van der Waals surface area contributed by atoms with E-state index in [0.29, 0.717) is 11.5 Å². The Bertz CT molecular complexity index is 645. The van der Waals surface area contributed by atoms with Crippen molar-refractivity contribution in [1.82, 2.24) is 5.43 Å². The number of carbonyl (C=O) groups is 1. The molecule has 0 saturated carbocycles. The Morgan fingerprint density at radius 1 is 1.26 bits per heavy atom. The second-order valence-corrected chi connectivity index (χ2v) is 5.28. The van der Waals surface area contributed by atoms with Crippen LogP contribution < -0.4 is 10.2 Å². The molecule has 1 heterocycles. The van der Waals surface area contributed by atoms with Crippen molar-refractivity contribution in [3.63, 3.8) is 0 Å². The van der Waals surface area contributed by atoms with Crippen molar-refractivity contribution < 1.29 is 13.9 Å². The highest BCUT2D eigenvalue weighted by molar-refractivity contribution is 5.81. The van der Waals surface area contributed by atoms with E-state index in [1.807, 2.05) is 37.3 Å². The first kappa shape index (κ1) is 16.8. The number of hydrogen-bond acceptors (Lipinski definition) is 4. The minimum Gasteiger partial charge on any atom is -0.484 e. The Morgan fingerprint density at radius 3 is 2.70 bits per heavy atom. The highest BCUT2D eigenvalue weighted by atomic mass is 16.5. The molecule has 5 heteroatoms. The van der Waals surface area contributed by atoms with Crippen LogP contribution in [0.1, 0.15) is 36.8 Å². The number of furan rings is 1. The molecule has 0 radical (unpaired) electrons. The number of nitrogens with zero attached hydrogens (tertiary/aromatic N) is 1. The summed E-state index contributed by atoms with van der Waals surface area (Å²) in [5, 5.41) is 3.82. The monoisotopic (exact) mass is 314 g/mol. The maximum atomic E-state index is 11.6. The standard InChI is InChI=1S/C18H22N2O3/c1-3-4-5-15-7-10-16(11-8-15)22-13-18(21)20-19-12-17-9-6-14(2)23-17/h6-12H,3-5,13H2,1-2H3,(H,20,21). The van der Waals surface area contributed by atoms with Gasteiger partial charge >= 0.3 is 0 Å². The Balaban J connectivity index is 1.72. The van der Waals surface area contributed by atoms with Crippen LogP contribution in [0.4, 0.5) is 0 Å². The van der Waals surface area contributed by atoms with E-state index in [2.05, 4.69) is 17.5 Å². The predicted molar refractivity (Wildman–Crippen MR) is 89.7 cm³/mol. The fourth-order valence-electron chi connectivity index (χ4n) is 2.01. The molecule has 0 atom stereocenters. The van der Waals surface area contributed by atoms with E-state index in [-0.39, 0.29) is 12.5 Å². The van der Waals surface area contributed by atoms with E-state index in [4.69, 9.17) is 9.15 Å². The molecule has 2 aromatic rings. The van der Waals surface area contributed by atoms with Gasteiger partial charge < -0.3 is 9.15 Å². The first-order valence-electron chi connectivity index (χ1n) is 7.77. The molecular weight excluding hydrogens is 292 g/mol. The molecule has 1 aromatic carbocycles. The number of hydrazone groups is 1. The summed E-state index contributed by atoms with van der Waals surface area (Å²) in [4.78, 5) is 11.6. The van der Waals surface area contributed by atoms with Gasteiger partial charge in [-0.05, 0) is 49.6 Å². The Kier molecular flexibility index (Phi) is 6.41. The third kappa shape index (κ3) is 5.98. The molecular formula is C18H22N2O3. The summed E-state index contributed by atoms with van der Waals surface area (Å²) in [7, 11) is 0. The molecule has 1 N–H and O–H groups in total. The topological polar surface area (TPSA) is 63.8 Å². The molecule has 5 nitrogen and oxygen atoms in total. The maximum absolute atomic E-state index is 11.6. The molecule has 0 bridgehead atoms. The number of nitrogens with one attached hydrogen (secondary N) is 1. The zero-order valence-electron chi connectivity index (χ0n) is 13.5. The minimum absolute atomic E-state index is 0.0805. The molecule has 1 aromatic heterocycles. The van der Waals surface area contributed by atoms with Gasteiger partial charge in [0.2, 0.25) is 0 Å². The molecule has 23 heavy (non-hydrogen) atoms. The third-order valence-electron chi connectivity index (χ3n) is 3.25. The minimum atomic E-state index is -0.320. The van der Waals surface area contributed by atoms with E-state index in [1.54, 1.807) is 6.07 Å². The van der Waals surface area contributed by atoms with E-state index in [9.17, 15) is 4.79 Å². The molecule has 2 rings (SSSR count). The summed E-state index contributed by atoms with van der Waals surface area (Å²) in [6.07, 6.45) is 4.87. The van der Waals surface area contributed by atoms with Crippen LogP contribution in [-0.2, 0) is 11.2 Å². The number of aryl methyl sites for hydroxylation is 2. The SMILES string of the molecule is CCCCc1ccc(OCC(=O)NN=Cc2ccc(C)o2)cc1. The second-order valence-electron chi connectivity index (χ2n) is 5.28. The number of ether oxygens (including phenoxy) is 1. The quantitative estimate of drug-likeness (QED) is 0.599. The van der Waals surface area contributed by atoms with Crippen LogP contribution in [0.5, 0.6) is 5.75 Å². The summed E-state index contributed by atoms with van der Waals surface area (Å²) in [6, 6.07) is 11.4. The fraction of sp³-hybridized carbons (Fsp3) is 0.333. The highest BCUT2D eigenvalue weighted by Crippen LogP contribution is 2.13. The fourth-order valence-corrected chi connectivity index (χ4v) is 2.01. The van der Waals surface area contributed by atoms with Gasteiger partial charge in [0, 0.05) is 0 Å². The Morgan fingerprint density at radius 2 is 2.04 bits per heavy atom. The molecule has 0 aliphatic rings. The Hall–Kier alpha value is -2.56. The van der Waals surface area contributed by atoms with Gasteiger partial charge in [-0.15, -0.1) is 0 Å². The highest BCUT2D eigenvalue weighted by Gasteiger charge is 2.02. The summed E-state index contributed by atoms with van der Waals surface area (Å²) < 4.78 is 10.7. The summed E-state index contributed by atoms with van der Waals surface area (Å²) in [5.41, 5.74) is 3.68. The van der Waals surface area contributed by atoms with Crippen molar-refractivity contribution in [2.45, 2.75) is 33.1 Å². The first-order chi connectivity index (χ1) is 11.2. The van der Waals surface area contributed by atoms with Crippen LogP contribution in [0.2, 0.25) is 0 Å². The smallest absolute Gasteiger partial charge is 0.277 e. The van der Waals surface area contributed by atoms with Crippen LogP contribution in [0.25, 0.3) is 0 Å². The van der Waals surface area contributed by atoms with Gasteiger partial charge in [0.05, 0.1) is 6.21 Å². The lowest BCUT2D eigenvalue weighted by Crippen LogP contribution is -2.24. The molecule has 0 aliphatic carbocycles. The molecule has 0 aliphatic heterocycles. The number of hydrogen-bond donors (Lipinski definition) is 1. The summed E-state index contributed by atoms with van der Waals surface area (Å²) in [5.74, 6) is 1.74. The number of rotatable bonds is 8. The van der Waals surface area contributed by atoms with Gasteiger partial charge in [-0.25, -0.2) is 5.43 Å². The van der Waals surface area contributed by atoms with E-state index < -0.39 is 0 Å². The maximum Gasteiger partial charge on any atom is 0.277 e. The van der Waals surface area contributed by atoms with Crippen LogP contribution >= 0.6 is 0 Å². The van der Waals surface area contributed by atoms with Gasteiger partial charge in [0.25, 0.3) is 5.91 Å². The van der Waals surface area contributed by atoms with Crippen molar-refractivity contribution >= 4 is 12.1 Å². The largest absolute Gasteiger partial charge is 0.484 e. The van der Waals surface area contributed by atoms with Gasteiger partial charge in [-0.1, -0.05) is 25.5 Å². The summed E-state index contributed by atoms with van der Waals surface area (Å²) in [6.45, 7) is 3.94. The first-order valence-corrected chi connectivity index (χ1v) is 7.77. The van der Waals surface area contributed by atoms with Crippen LogP contribution in [0.15, 0.2) is 45.9 Å². The van der Waals surface area contributed by atoms with Crippen molar-refractivity contribution in [2.75, 3.05) is 6.61 Å². The predicted octanol–water partition coefficient (Wildman–Crippen LogP) is 3.46. The van der Waals surface area contributed by atoms with Gasteiger partial charge in [0.15, 0.2) is 6.61 Å². The number of amides is 1. The van der Waals surface area contributed by atoms with Crippen molar-refractivity contribution in [1.29, 1.82) is 0 Å². The molecule has 0 spiro atoms. The van der Waals surface area contributed by atoms with Crippen LogP contribution in [-0.4, -0.2) is 18.7 Å². The van der Waals surface area contributed by atoms with Gasteiger partial charge in [-0.3, -0.25) is 4.79 Å². The molecule has 0 fully saturated rings. The second kappa shape index (κ2) is 8.78. The molecule has 1 amide bonds. The Labute approximate surface area is 136 Å². The number of unbranched alkanes of at least 4 members (excludes halogenated alkanes) is 1. The van der Waals surface area contributed by atoms with Gasteiger partial charge in [0.1, 0.15) is 17.3 Å². The van der Waals surface area contributed by atoms with E-state index >= 15 is 0 Å². The number of benzene rings is 1. The van der Waals surface area contributed by atoms with Gasteiger partial charge in [-0.2, -0.15) is 5.10 Å². The van der Waals surface area contributed by atoms with Crippen molar-refractivity contribution in [3.8, 4) is 5.75 Å². The average Bonchev–Trinajstić information content (AvgIpc) is 2.97. The molecule has 122 valence electrons. The molecule has 0 unspecified atom stereocenters. The zero-order chi connectivity index (χ0) is 16.5.